The standard InChI is InChI=1S/C10H20N2O3S/c1-7(2)12(3)10(15)11-8(9(13)14)5-6-16-4/h7-8H,5-6H2,1-4H3,(H,11,15)(H,13,14). The molecule has 94 valence electrons. The predicted molar refractivity (Wildman–Crippen MR) is 65.9 cm³/mol. The molecule has 0 rings (SSSR count). The van der Waals surface area contributed by atoms with Crippen LogP contribution in [0.25, 0.3) is 0 Å². The number of aliphatic carboxylic acids is 1. The summed E-state index contributed by atoms with van der Waals surface area (Å²) in [4.78, 5) is 24.0. The average Bonchev–Trinajstić information content (AvgIpc) is 2.21. The second kappa shape index (κ2) is 7.38. The van der Waals surface area contributed by atoms with Crippen LogP contribution in [-0.4, -0.2) is 53.1 Å². The van der Waals surface area contributed by atoms with E-state index in [1.54, 1.807) is 18.8 Å². The zero-order valence-electron chi connectivity index (χ0n) is 10.2. The predicted octanol–water partition coefficient (Wildman–Crippen LogP) is 1.24. The Balaban J connectivity index is 4.28. The van der Waals surface area contributed by atoms with Gasteiger partial charge in [-0.3, -0.25) is 0 Å². The molecule has 1 unspecified atom stereocenters. The Morgan fingerprint density at radius 3 is 2.38 bits per heavy atom. The van der Waals surface area contributed by atoms with Gasteiger partial charge in [-0.15, -0.1) is 0 Å². The Labute approximate surface area is 101 Å². The molecule has 0 aliphatic carbocycles. The average molecular weight is 248 g/mol. The van der Waals surface area contributed by atoms with E-state index in [1.807, 2.05) is 20.1 Å². The normalized spacial score (nSPS) is 12.3. The van der Waals surface area contributed by atoms with E-state index in [9.17, 15) is 9.59 Å². The van der Waals surface area contributed by atoms with Gasteiger partial charge in [-0.1, -0.05) is 0 Å². The number of carbonyl (C=O) groups excluding carboxylic acids is 1. The number of nitrogens with one attached hydrogen (secondary N) is 1. The molecule has 0 aromatic rings. The van der Waals surface area contributed by atoms with Gasteiger partial charge >= 0.3 is 12.0 Å². The Bertz CT molecular complexity index is 246. The first-order valence-corrected chi connectivity index (χ1v) is 6.54. The largest absolute Gasteiger partial charge is 0.480 e. The van der Waals surface area contributed by atoms with Crippen LogP contribution in [0, 0.1) is 0 Å². The van der Waals surface area contributed by atoms with Crippen molar-refractivity contribution < 1.29 is 14.7 Å². The van der Waals surface area contributed by atoms with Crippen molar-refractivity contribution in [3.8, 4) is 0 Å². The third-order valence-electron chi connectivity index (χ3n) is 2.30. The fraction of sp³-hybridized carbons (Fsp3) is 0.800. The lowest BCUT2D eigenvalue weighted by molar-refractivity contribution is -0.139. The minimum absolute atomic E-state index is 0.0509. The first kappa shape index (κ1) is 15.1. The molecule has 2 amide bonds. The van der Waals surface area contributed by atoms with Gasteiger partial charge in [0, 0.05) is 13.1 Å². The highest BCUT2D eigenvalue weighted by molar-refractivity contribution is 7.98. The Morgan fingerprint density at radius 1 is 1.44 bits per heavy atom. The number of carboxylic acid groups (broad SMARTS) is 1. The molecule has 2 N–H and O–H groups in total. The van der Waals surface area contributed by atoms with Gasteiger partial charge in [-0.05, 0) is 32.3 Å². The van der Waals surface area contributed by atoms with E-state index < -0.39 is 12.0 Å². The molecule has 5 nitrogen and oxygen atoms in total. The van der Waals surface area contributed by atoms with Crippen molar-refractivity contribution in [1.82, 2.24) is 10.2 Å². The van der Waals surface area contributed by atoms with Crippen molar-refractivity contribution in [3.63, 3.8) is 0 Å². The maximum Gasteiger partial charge on any atom is 0.326 e. The zero-order chi connectivity index (χ0) is 12.7. The second-order valence-corrected chi connectivity index (χ2v) is 4.81. The molecule has 0 saturated carbocycles. The van der Waals surface area contributed by atoms with Crippen LogP contribution < -0.4 is 5.32 Å². The van der Waals surface area contributed by atoms with Crippen molar-refractivity contribution >= 4 is 23.8 Å². The zero-order valence-corrected chi connectivity index (χ0v) is 11.0. The van der Waals surface area contributed by atoms with E-state index in [2.05, 4.69) is 5.32 Å². The molecule has 0 bridgehead atoms. The monoisotopic (exact) mass is 248 g/mol. The molecule has 16 heavy (non-hydrogen) atoms. The summed E-state index contributed by atoms with van der Waals surface area (Å²) in [7, 11) is 1.65. The number of urea groups is 1. The van der Waals surface area contributed by atoms with Crippen molar-refractivity contribution in [2.75, 3.05) is 19.1 Å². The minimum atomic E-state index is -0.987. The number of amides is 2. The Kier molecular flexibility index (Phi) is 6.96. The van der Waals surface area contributed by atoms with Gasteiger partial charge in [-0.2, -0.15) is 11.8 Å². The van der Waals surface area contributed by atoms with Crippen molar-refractivity contribution in [1.29, 1.82) is 0 Å². The molecule has 0 fully saturated rings. The summed E-state index contributed by atoms with van der Waals surface area (Å²) >= 11 is 1.56. The fourth-order valence-corrected chi connectivity index (χ4v) is 1.45. The summed E-state index contributed by atoms with van der Waals surface area (Å²) in [5, 5.41) is 11.4. The van der Waals surface area contributed by atoms with Crippen LogP contribution in [0.4, 0.5) is 4.79 Å². The molecule has 6 heteroatoms. The van der Waals surface area contributed by atoms with E-state index in [0.717, 1.165) is 0 Å². The number of hydrogen-bond donors (Lipinski definition) is 2. The smallest absolute Gasteiger partial charge is 0.326 e. The van der Waals surface area contributed by atoms with Crippen LogP contribution in [0.1, 0.15) is 20.3 Å². The van der Waals surface area contributed by atoms with Gasteiger partial charge in [0.15, 0.2) is 0 Å². The first-order chi connectivity index (χ1) is 7.40. The maximum absolute atomic E-state index is 11.6. The number of nitrogens with zero attached hydrogens (tertiary/aromatic N) is 1. The van der Waals surface area contributed by atoms with Gasteiger partial charge in [0.05, 0.1) is 0 Å². The molecule has 0 aromatic heterocycles. The minimum Gasteiger partial charge on any atom is -0.480 e. The van der Waals surface area contributed by atoms with E-state index >= 15 is 0 Å². The summed E-state index contributed by atoms with van der Waals surface area (Å²) in [6.45, 7) is 3.74. The van der Waals surface area contributed by atoms with E-state index in [-0.39, 0.29) is 12.1 Å². The number of thioether (sulfide) groups is 1. The summed E-state index contributed by atoms with van der Waals surface area (Å²) in [6, 6.07) is -1.10. The van der Waals surface area contributed by atoms with E-state index in [4.69, 9.17) is 5.11 Å². The summed E-state index contributed by atoms with van der Waals surface area (Å²) in [5.74, 6) is -0.276. The summed E-state index contributed by atoms with van der Waals surface area (Å²) in [5.41, 5.74) is 0. The van der Waals surface area contributed by atoms with Crippen LogP contribution in [0.5, 0.6) is 0 Å². The lowest BCUT2D eigenvalue weighted by atomic mass is 10.2. The van der Waals surface area contributed by atoms with Gasteiger partial charge in [-0.25, -0.2) is 9.59 Å². The molecule has 0 saturated heterocycles. The number of carbonyl (C=O) groups is 2. The van der Waals surface area contributed by atoms with Crippen LogP contribution in [0.3, 0.4) is 0 Å². The highest BCUT2D eigenvalue weighted by atomic mass is 32.2. The molecule has 0 heterocycles. The molecule has 0 aliphatic rings. The molecule has 0 radical (unpaired) electrons. The molecule has 0 spiro atoms. The highest BCUT2D eigenvalue weighted by Gasteiger charge is 2.21. The van der Waals surface area contributed by atoms with E-state index in [1.165, 1.54) is 4.90 Å². The SMILES string of the molecule is CSCCC(NC(=O)N(C)C(C)C)C(=O)O. The lowest BCUT2D eigenvalue weighted by Gasteiger charge is -2.24. The third-order valence-corrected chi connectivity index (χ3v) is 2.95. The Morgan fingerprint density at radius 2 is 2.00 bits per heavy atom. The summed E-state index contributed by atoms with van der Waals surface area (Å²) < 4.78 is 0. The highest BCUT2D eigenvalue weighted by Crippen LogP contribution is 2.02. The van der Waals surface area contributed by atoms with Crippen LogP contribution in [0.15, 0.2) is 0 Å². The second-order valence-electron chi connectivity index (χ2n) is 3.83. The van der Waals surface area contributed by atoms with Crippen LogP contribution in [-0.2, 0) is 4.79 Å². The van der Waals surface area contributed by atoms with Crippen molar-refractivity contribution in [2.24, 2.45) is 0 Å². The Hall–Kier alpha value is -0.910. The number of hydrogen-bond acceptors (Lipinski definition) is 3. The van der Waals surface area contributed by atoms with Crippen molar-refractivity contribution in [2.45, 2.75) is 32.4 Å². The molecule has 1 atom stereocenters. The number of rotatable bonds is 6. The molecular formula is C10H20N2O3S. The van der Waals surface area contributed by atoms with E-state index in [0.29, 0.717) is 12.2 Å². The lowest BCUT2D eigenvalue weighted by Crippen LogP contribution is -2.48. The van der Waals surface area contributed by atoms with Gasteiger partial charge in [0.2, 0.25) is 0 Å². The molecule has 0 aliphatic heterocycles. The van der Waals surface area contributed by atoms with Gasteiger partial charge in [0.25, 0.3) is 0 Å². The van der Waals surface area contributed by atoms with Crippen LogP contribution in [0.2, 0.25) is 0 Å². The first-order valence-electron chi connectivity index (χ1n) is 5.15. The topological polar surface area (TPSA) is 69.6 Å². The molecular weight excluding hydrogens is 228 g/mol. The van der Waals surface area contributed by atoms with Gasteiger partial charge < -0.3 is 15.3 Å². The third kappa shape index (κ3) is 5.25. The quantitative estimate of drug-likeness (QED) is 0.742. The summed E-state index contributed by atoms with van der Waals surface area (Å²) in [6.07, 6.45) is 2.34. The van der Waals surface area contributed by atoms with Gasteiger partial charge in [0.1, 0.15) is 6.04 Å². The molecule has 0 aromatic carbocycles. The fourth-order valence-electron chi connectivity index (χ4n) is 0.978. The number of carboxylic acids is 1. The van der Waals surface area contributed by atoms with Crippen molar-refractivity contribution in [3.05, 3.63) is 0 Å². The maximum atomic E-state index is 11.6. The van der Waals surface area contributed by atoms with Crippen LogP contribution >= 0.6 is 11.8 Å².